The molecule has 1 N–H and O–H groups in total. The molecule has 82 valence electrons. The van der Waals surface area contributed by atoms with Crippen LogP contribution in [0.2, 0.25) is 0 Å². The first-order valence-electron chi connectivity index (χ1n) is 4.95. The minimum absolute atomic E-state index is 0.167. The first-order valence-corrected chi connectivity index (χ1v) is 4.95. The van der Waals surface area contributed by atoms with Crippen LogP contribution in [0.1, 0.15) is 30.6 Å². The molecule has 15 heavy (non-hydrogen) atoms. The molecule has 1 rings (SSSR count). The fourth-order valence-electron chi connectivity index (χ4n) is 1.45. The van der Waals surface area contributed by atoms with Crippen LogP contribution in [0.3, 0.4) is 0 Å². The molecule has 0 heterocycles. The minimum atomic E-state index is -1.01. The Balaban J connectivity index is 2.97. The number of methoxy groups -OCH3 is 1. The van der Waals surface area contributed by atoms with E-state index in [1.54, 1.807) is 32.2 Å². The molecule has 1 aromatic carbocycles. The lowest BCUT2D eigenvalue weighted by molar-refractivity contribution is -0.127. The largest absolute Gasteiger partial charge is 0.496 e. The van der Waals surface area contributed by atoms with Crippen LogP contribution in [-0.4, -0.2) is 18.0 Å². The van der Waals surface area contributed by atoms with E-state index in [0.717, 1.165) is 11.3 Å². The molecule has 0 aliphatic rings. The summed E-state index contributed by atoms with van der Waals surface area (Å²) in [5.41, 5.74) is 1.54. The Morgan fingerprint density at radius 1 is 1.53 bits per heavy atom. The number of aryl methyl sites for hydroxylation is 1. The summed E-state index contributed by atoms with van der Waals surface area (Å²) in [5.74, 6) is 0.592. The van der Waals surface area contributed by atoms with E-state index in [4.69, 9.17) is 4.74 Å². The molecule has 0 amide bonds. The lowest BCUT2D eigenvalue weighted by atomic mass is 10.0. The summed E-state index contributed by atoms with van der Waals surface area (Å²) in [6.07, 6.45) is -0.675. The molecule has 0 radical (unpaired) electrons. The van der Waals surface area contributed by atoms with Crippen molar-refractivity contribution in [3.05, 3.63) is 29.3 Å². The Kier molecular flexibility index (Phi) is 3.86. The summed E-state index contributed by atoms with van der Waals surface area (Å²) in [4.78, 5) is 11.3. The van der Waals surface area contributed by atoms with Crippen LogP contribution >= 0.6 is 0 Å². The SMILES string of the molecule is CCC(=O)C(O)c1ccc(OC)c(C)c1. The number of rotatable bonds is 4. The number of hydrogen-bond donors (Lipinski definition) is 1. The highest BCUT2D eigenvalue weighted by Gasteiger charge is 2.15. The molecule has 0 saturated heterocycles. The van der Waals surface area contributed by atoms with Gasteiger partial charge in [-0.3, -0.25) is 4.79 Å². The maximum atomic E-state index is 11.3. The lowest BCUT2D eigenvalue weighted by Crippen LogP contribution is -2.10. The predicted molar refractivity (Wildman–Crippen MR) is 58.0 cm³/mol. The summed E-state index contributed by atoms with van der Waals surface area (Å²) < 4.78 is 5.10. The van der Waals surface area contributed by atoms with Crippen LogP contribution < -0.4 is 4.74 Å². The van der Waals surface area contributed by atoms with Crippen molar-refractivity contribution in [3.8, 4) is 5.75 Å². The van der Waals surface area contributed by atoms with Crippen molar-refractivity contribution in [1.82, 2.24) is 0 Å². The van der Waals surface area contributed by atoms with E-state index in [9.17, 15) is 9.90 Å². The molecule has 1 unspecified atom stereocenters. The van der Waals surface area contributed by atoms with Crippen molar-refractivity contribution in [3.63, 3.8) is 0 Å². The van der Waals surface area contributed by atoms with Crippen molar-refractivity contribution in [2.24, 2.45) is 0 Å². The average Bonchev–Trinajstić information content (AvgIpc) is 2.26. The summed E-state index contributed by atoms with van der Waals surface area (Å²) >= 11 is 0. The third-order valence-electron chi connectivity index (χ3n) is 2.39. The van der Waals surface area contributed by atoms with Gasteiger partial charge < -0.3 is 9.84 Å². The molecule has 0 bridgehead atoms. The lowest BCUT2D eigenvalue weighted by Gasteiger charge is -2.11. The van der Waals surface area contributed by atoms with Gasteiger partial charge >= 0.3 is 0 Å². The van der Waals surface area contributed by atoms with Crippen LogP contribution in [0.15, 0.2) is 18.2 Å². The van der Waals surface area contributed by atoms with Crippen LogP contribution in [0.5, 0.6) is 5.75 Å². The zero-order valence-electron chi connectivity index (χ0n) is 9.28. The third kappa shape index (κ3) is 2.57. The molecule has 0 spiro atoms. The molecule has 0 aromatic heterocycles. The molecule has 1 aromatic rings. The van der Waals surface area contributed by atoms with Gasteiger partial charge in [-0.1, -0.05) is 13.0 Å². The Morgan fingerprint density at radius 2 is 2.20 bits per heavy atom. The summed E-state index contributed by atoms with van der Waals surface area (Å²) in [6, 6.07) is 5.25. The van der Waals surface area contributed by atoms with E-state index in [-0.39, 0.29) is 5.78 Å². The molecule has 0 aliphatic heterocycles. The van der Waals surface area contributed by atoms with E-state index in [2.05, 4.69) is 0 Å². The van der Waals surface area contributed by atoms with Gasteiger partial charge in [0.2, 0.25) is 0 Å². The molecule has 1 atom stereocenters. The first kappa shape index (κ1) is 11.7. The van der Waals surface area contributed by atoms with Gasteiger partial charge in [0.1, 0.15) is 11.9 Å². The van der Waals surface area contributed by atoms with Gasteiger partial charge in [0, 0.05) is 6.42 Å². The number of ether oxygens (including phenoxy) is 1. The molecular formula is C12H16O3. The molecular weight excluding hydrogens is 192 g/mol. The number of aliphatic hydroxyl groups excluding tert-OH is 1. The van der Waals surface area contributed by atoms with Gasteiger partial charge in [-0.05, 0) is 30.2 Å². The second-order valence-electron chi connectivity index (χ2n) is 3.45. The topological polar surface area (TPSA) is 46.5 Å². The van der Waals surface area contributed by atoms with E-state index in [0.29, 0.717) is 12.0 Å². The number of carbonyl (C=O) groups is 1. The van der Waals surface area contributed by atoms with Crippen LogP contribution in [0.4, 0.5) is 0 Å². The Bertz CT molecular complexity index is 358. The molecule has 0 saturated carbocycles. The maximum absolute atomic E-state index is 11.3. The number of Topliss-reactive ketones (excluding diaryl/α,β-unsaturated/α-hetero) is 1. The smallest absolute Gasteiger partial charge is 0.165 e. The van der Waals surface area contributed by atoms with Gasteiger partial charge in [-0.15, -0.1) is 0 Å². The second kappa shape index (κ2) is 4.94. The van der Waals surface area contributed by atoms with Gasteiger partial charge in [0.15, 0.2) is 5.78 Å². The summed E-state index contributed by atoms with van der Waals surface area (Å²) in [5, 5.41) is 9.69. The van der Waals surface area contributed by atoms with E-state index < -0.39 is 6.10 Å². The zero-order valence-corrected chi connectivity index (χ0v) is 9.28. The van der Waals surface area contributed by atoms with Crippen molar-refractivity contribution in [2.75, 3.05) is 7.11 Å². The Morgan fingerprint density at radius 3 is 2.67 bits per heavy atom. The highest BCUT2D eigenvalue weighted by molar-refractivity contribution is 5.83. The normalized spacial score (nSPS) is 12.3. The van der Waals surface area contributed by atoms with E-state index >= 15 is 0 Å². The van der Waals surface area contributed by atoms with E-state index in [1.807, 2.05) is 6.92 Å². The number of hydrogen-bond acceptors (Lipinski definition) is 3. The third-order valence-corrected chi connectivity index (χ3v) is 2.39. The maximum Gasteiger partial charge on any atom is 0.165 e. The quantitative estimate of drug-likeness (QED) is 0.823. The zero-order chi connectivity index (χ0) is 11.4. The van der Waals surface area contributed by atoms with E-state index in [1.165, 1.54) is 0 Å². The number of carbonyl (C=O) groups excluding carboxylic acids is 1. The van der Waals surface area contributed by atoms with Crippen molar-refractivity contribution in [1.29, 1.82) is 0 Å². The van der Waals surface area contributed by atoms with Gasteiger partial charge in [-0.2, -0.15) is 0 Å². The number of benzene rings is 1. The molecule has 3 nitrogen and oxygen atoms in total. The second-order valence-corrected chi connectivity index (χ2v) is 3.45. The highest BCUT2D eigenvalue weighted by atomic mass is 16.5. The first-order chi connectivity index (χ1) is 7.10. The van der Waals surface area contributed by atoms with Gasteiger partial charge in [0.05, 0.1) is 7.11 Å². The summed E-state index contributed by atoms with van der Waals surface area (Å²) in [7, 11) is 1.59. The average molecular weight is 208 g/mol. The highest BCUT2D eigenvalue weighted by Crippen LogP contribution is 2.23. The fraction of sp³-hybridized carbons (Fsp3) is 0.417. The Hall–Kier alpha value is -1.35. The van der Waals surface area contributed by atoms with Crippen LogP contribution in [-0.2, 0) is 4.79 Å². The Labute approximate surface area is 89.7 Å². The van der Waals surface area contributed by atoms with Crippen molar-refractivity contribution < 1.29 is 14.6 Å². The van der Waals surface area contributed by atoms with Gasteiger partial charge in [0.25, 0.3) is 0 Å². The molecule has 0 aliphatic carbocycles. The number of ketones is 1. The van der Waals surface area contributed by atoms with Gasteiger partial charge in [-0.25, -0.2) is 0 Å². The monoisotopic (exact) mass is 208 g/mol. The predicted octanol–water partition coefficient (Wildman–Crippen LogP) is 2.02. The van der Waals surface area contributed by atoms with Crippen LogP contribution in [0.25, 0.3) is 0 Å². The fourth-order valence-corrected chi connectivity index (χ4v) is 1.45. The summed E-state index contributed by atoms with van der Waals surface area (Å²) in [6.45, 7) is 3.62. The minimum Gasteiger partial charge on any atom is -0.496 e. The molecule has 3 heteroatoms. The van der Waals surface area contributed by atoms with Crippen molar-refractivity contribution >= 4 is 5.78 Å². The number of aliphatic hydroxyl groups is 1. The van der Waals surface area contributed by atoms with Crippen molar-refractivity contribution in [2.45, 2.75) is 26.4 Å². The van der Waals surface area contributed by atoms with Crippen LogP contribution in [0, 0.1) is 6.92 Å². The standard InChI is InChI=1S/C12H16O3/c1-4-10(13)12(14)9-5-6-11(15-3)8(2)7-9/h5-7,12,14H,4H2,1-3H3. The molecule has 0 fully saturated rings.